The van der Waals surface area contributed by atoms with E-state index < -0.39 is 5.97 Å². The van der Waals surface area contributed by atoms with Gasteiger partial charge < -0.3 is 19.1 Å². The third-order valence-electron chi connectivity index (χ3n) is 2.94. The van der Waals surface area contributed by atoms with Crippen LogP contribution in [0.25, 0.3) is 0 Å². The van der Waals surface area contributed by atoms with Crippen molar-refractivity contribution in [1.82, 2.24) is 5.16 Å². The second-order valence-electron chi connectivity index (χ2n) is 4.26. The van der Waals surface area contributed by atoms with Crippen LogP contribution in [0.15, 0.2) is 22.7 Å². The molecule has 0 aliphatic rings. The van der Waals surface area contributed by atoms with E-state index in [1.54, 1.807) is 13.0 Å². The van der Waals surface area contributed by atoms with E-state index in [0.29, 0.717) is 11.5 Å². The average Bonchev–Trinajstić information content (AvgIpc) is 2.94. The number of carbonyl (C=O) groups is 1. The molecule has 0 radical (unpaired) electrons. The van der Waals surface area contributed by atoms with Crippen molar-refractivity contribution >= 4 is 5.97 Å². The number of methoxy groups -OCH3 is 1. The maximum atomic E-state index is 11.3. The summed E-state index contributed by atoms with van der Waals surface area (Å²) in [6.45, 7) is 11.9. The van der Waals surface area contributed by atoms with Gasteiger partial charge in [-0.25, -0.2) is 4.79 Å². The Hall–Kier alpha value is -2.50. The SMILES string of the molecule is CC.CC.COC(=O)c1ccc(OCc2c(C)noc2C)cc1O. The van der Waals surface area contributed by atoms with Crippen LogP contribution in [-0.2, 0) is 11.3 Å². The van der Waals surface area contributed by atoms with Crippen LogP contribution >= 0.6 is 0 Å². The number of rotatable bonds is 4. The van der Waals surface area contributed by atoms with Crippen LogP contribution in [0.4, 0.5) is 0 Å². The van der Waals surface area contributed by atoms with Gasteiger partial charge in [-0.15, -0.1) is 0 Å². The molecule has 0 unspecified atom stereocenters. The Kier molecular flexibility index (Phi) is 9.94. The Morgan fingerprint density at radius 3 is 2.29 bits per heavy atom. The van der Waals surface area contributed by atoms with E-state index in [1.165, 1.54) is 19.2 Å². The van der Waals surface area contributed by atoms with Crippen molar-refractivity contribution in [2.75, 3.05) is 7.11 Å². The number of esters is 1. The van der Waals surface area contributed by atoms with E-state index in [0.717, 1.165) is 11.3 Å². The third-order valence-corrected chi connectivity index (χ3v) is 2.94. The molecule has 2 aromatic rings. The highest BCUT2D eigenvalue weighted by Gasteiger charge is 2.13. The van der Waals surface area contributed by atoms with Gasteiger partial charge in [0.2, 0.25) is 0 Å². The second kappa shape index (κ2) is 11.1. The molecular formula is C18H27NO5. The molecule has 0 saturated heterocycles. The number of carbonyl (C=O) groups excluding carboxylic acids is 1. The topological polar surface area (TPSA) is 81.8 Å². The molecule has 0 saturated carbocycles. The molecule has 134 valence electrons. The van der Waals surface area contributed by atoms with Gasteiger partial charge in [0, 0.05) is 6.07 Å². The van der Waals surface area contributed by atoms with E-state index in [-0.39, 0.29) is 17.9 Å². The number of phenols is 1. The van der Waals surface area contributed by atoms with Crippen LogP contribution in [0.1, 0.15) is 55.1 Å². The van der Waals surface area contributed by atoms with Gasteiger partial charge in [-0.05, 0) is 26.0 Å². The zero-order valence-electron chi connectivity index (χ0n) is 15.5. The molecule has 1 aromatic heterocycles. The van der Waals surface area contributed by atoms with E-state index >= 15 is 0 Å². The molecule has 0 amide bonds. The molecule has 0 spiro atoms. The van der Waals surface area contributed by atoms with Crippen LogP contribution in [0.3, 0.4) is 0 Å². The average molecular weight is 337 g/mol. The fraction of sp³-hybridized carbons (Fsp3) is 0.444. The van der Waals surface area contributed by atoms with Gasteiger partial charge in [0.05, 0.1) is 18.4 Å². The first-order valence-corrected chi connectivity index (χ1v) is 7.98. The molecule has 2 rings (SSSR count). The normalized spacial score (nSPS) is 9.12. The van der Waals surface area contributed by atoms with Crippen molar-refractivity contribution in [3.63, 3.8) is 0 Å². The standard InChI is InChI=1S/C14H15NO5.2C2H6/c1-8-12(9(2)20-15-8)7-19-10-4-5-11(13(16)6-10)14(17)18-3;2*1-2/h4-6,16H,7H2,1-3H3;2*1-2H3. The summed E-state index contributed by atoms with van der Waals surface area (Å²) in [5.41, 5.74) is 1.72. The van der Waals surface area contributed by atoms with Crippen molar-refractivity contribution in [3.8, 4) is 11.5 Å². The van der Waals surface area contributed by atoms with Gasteiger partial charge in [0.25, 0.3) is 0 Å². The molecule has 0 aliphatic heterocycles. The number of aromatic hydroxyl groups is 1. The number of ether oxygens (including phenoxy) is 2. The Labute approximate surface area is 143 Å². The lowest BCUT2D eigenvalue weighted by Gasteiger charge is -2.08. The number of aromatic nitrogens is 1. The summed E-state index contributed by atoms with van der Waals surface area (Å²) in [4.78, 5) is 11.3. The molecule has 6 nitrogen and oxygen atoms in total. The lowest BCUT2D eigenvalue weighted by Crippen LogP contribution is -2.02. The highest BCUT2D eigenvalue weighted by Crippen LogP contribution is 2.25. The minimum atomic E-state index is -0.597. The second-order valence-corrected chi connectivity index (χ2v) is 4.26. The lowest BCUT2D eigenvalue weighted by atomic mass is 10.2. The quantitative estimate of drug-likeness (QED) is 0.832. The van der Waals surface area contributed by atoms with Crippen molar-refractivity contribution < 1.29 is 23.9 Å². The van der Waals surface area contributed by atoms with Crippen molar-refractivity contribution in [3.05, 3.63) is 40.8 Å². The highest BCUT2D eigenvalue weighted by atomic mass is 16.5. The Morgan fingerprint density at radius 1 is 1.21 bits per heavy atom. The molecular weight excluding hydrogens is 310 g/mol. The van der Waals surface area contributed by atoms with Gasteiger partial charge in [-0.2, -0.15) is 0 Å². The molecule has 0 fully saturated rings. The minimum Gasteiger partial charge on any atom is -0.507 e. The number of hydrogen-bond acceptors (Lipinski definition) is 6. The Bertz CT molecular complexity index is 615. The summed E-state index contributed by atoms with van der Waals surface area (Å²) < 4.78 is 15.1. The zero-order chi connectivity index (χ0) is 18.7. The molecule has 6 heteroatoms. The molecule has 0 atom stereocenters. The minimum absolute atomic E-state index is 0.0946. The highest BCUT2D eigenvalue weighted by molar-refractivity contribution is 5.92. The number of benzene rings is 1. The molecule has 1 heterocycles. The molecule has 0 aliphatic carbocycles. The van der Waals surface area contributed by atoms with Gasteiger partial charge in [-0.1, -0.05) is 32.9 Å². The number of phenolic OH excluding ortho intramolecular Hbond substituents is 1. The van der Waals surface area contributed by atoms with Crippen LogP contribution in [0.2, 0.25) is 0 Å². The zero-order valence-corrected chi connectivity index (χ0v) is 15.5. The maximum absolute atomic E-state index is 11.3. The van der Waals surface area contributed by atoms with Crippen LogP contribution in [-0.4, -0.2) is 23.3 Å². The van der Waals surface area contributed by atoms with Gasteiger partial charge >= 0.3 is 5.97 Å². The van der Waals surface area contributed by atoms with Crippen molar-refractivity contribution in [2.45, 2.75) is 48.1 Å². The predicted octanol–water partition coefficient (Wildman–Crippen LogP) is 4.42. The Balaban J connectivity index is 0.00000123. The number of hydrogen-bond donors (Lipinski definition) is 1. The summed E-state index contributed by atoms with van der Waals surface area (Å²) in [5, 5.41) is 13.6. The van der Waals surface area contributed by atoms with Crippen LogP contribution < -0.4 is 4.74 Å². The summed E-state index contributed by atoms with van der Waals surface area (Å²) in [7, 11) is 1.25. The van der Waals surface area contributed by atoms with E-state index in [9.17, 15) is 9.90 Å². The van der Waals surface area contributed by atoms with Crippen LogP contribution in [0, 0.1) is 13.8 Å². The summed E-state index contributed by atoms with van der Waals surface area (Å²) in [5.74, 6) is 0.348. The monoisotopic (exact) mass is 337 g/mol. The first-order valence-electron chi connectivity index (χ1n) is 7.98. The third kappa shape index (κ3) is 5.61. The van der Waals surface area contributed by atoms with E-state index in [4.69, 9.17) is 9.26 Å². The maximum Gasteiger partial charge on any atom is 0.341 e. The molecule has 24 heavy (non-hydrogen) atoms. The van der Waals surface area contributed by atoms with Gasteiger partial charge in [0.1, 0.15) is 29.4 Å². The molecule has 1 aromatic carbocycles. The van der Waals surface area contributed by atoms with Crippen molar-refractivity contribution in [2.24, 2.45) is 0 Å². The number of aryl methyl sites for hydroxylation is 2. The predicted molar refractivity (Wildman–Crippen MR) is 92.5 cm³/mol. The van der Waals surface area contributed by atoms with E-state index in [1.807, 2.05) is 34.6 Å². The van der Waals surface area contributed by atoms with Gasteiger partial charge in [-0.3, -0.25) is 0 Å². The smallest absolute Gasteiger partial charge is 0.341 e. The summed E-state index contributed by atoms with van der Waals surface area (Å²) in [6, 6.07) is 4.40. The molecule has 1 N–H and O–H groups in total. The fourth-order valence-electron chi connectivity index (χ4n) is 1.75. The van der Waals surface area contributed by atoms with E-state index in [2.05, 4.69) is 9.89 Å². The first kappa shape index (κ1) is 21.5. The van der Waals surface area contributed by atoms with Crippen molar-refractivity contribution in [1.29, 1.82) is 0 Å². The Morgan fingerprint density at radius 2 is 1.83 bits per heavy atom. The number of nitrogens with zero attached hydrogens (tertiary/aromatic N) is 1. The first-order chi connectivity index (χ1) is 11.5. The fourth-order valence-corrected chi connectivity index (χ4v) is 1.75. The van der Waals surface area contributed by atoms with Crippen LogP contribution in [0.5, 0.6) is 11.5 Å². The molecule has 0 bridgehead atoms. The lowest BCUT2D eigenvalue weighted by molar-refractivity contribution is 0.0597. The summed E-state index contributed by atoms with van der Waals surface area (Å²) >= 11 is 0. The largest absolute Gasteiger partial charge is 0.507 e. The summed E-state index contributed by atoms with van der Waals surface area (Å²) in [6.07, 6.45) is 0. The van der Waals surface area contributed by atoms with Gasteiger partial charge in [0.15, 0.2) is 0 Å².